The van der Waals surface area contributed by atoms with Gasteiger partial charge in [-0.15, -0.1) is 0 Å². The van der Waals surface area contributed by atoms with Crippen molar-refractivity contribution in [2.24, 2.45) is 5.92 Å². The van der Waals surface area contributed by atoms with E-state index in [9.17, 15) is 0 Å². The Balaban J connectivity index is 1.95. The van der Waals surface area contributed by atoms with Crippen LogP contribution in [0.25, 0.3) is 0 Å². The molecule has 1 saturated heterocycles. The van der Waals surface area contributed by atoms with Gasteiger partial charge in [0.25, 0.3) is 0 Å². The molecule has 5 heteroatoms. The Morgan fingerprint density at radius 3 is 3.19 bits per heavy atom. The molecule has 90 valence electrons. The smallest absolute Gasteiger partial charge is 0.243 e. The third-order valence-corrected chi connectivity index (χ3v) is 3.75. The van der Waals surface area contributed by atoms with Gasteiger partial charge in [0.05, 0.1) is 11.8 Å². The van der Waals surface area contributed by atoms with E-state index in [4.69, 9.17) is 4.52 Å². The van der Waals surface area contributed by atoms with E-state index in [1.54, 1.807) is 0 Å². The van der Waals surface area contributed by atoms with Gasteiger partial charge in [-0.3, -0.25) is 0 Å². The van der Waals surface area contributed by atoms with E-state index in [1.807, 2.05) is 11.8 Å². The molecule has 0 saturated carbocycles. The minimum Gasteiger partial charge on any atom is -0.338 e. The molecule has 1 aromatic heterocycles. The van der Waals surface area contributed by atoms with Crippen molar-refractivity contribution in [2.45, 2.75) is 38.5 Å². The number of hydrogen-bond donors (Lipinski definition) is 1. The summed E-state index contributed by atoms with van der Waals surface area (Å²) in [6, 6.07) is 0.261. The SMILES string of the molecule is CCSCc1noc(C2CC(C)CCN2)n1. The summed E-state index contributed by atoms with van der Waals surface area (Å²) in [6.45, 7) is 5.46. The molecule has 0 radical (unpaired) electrons. The zero-order chi connectivity index (χ0) is 11.4. The van der Waals surface area contributed by atoms with E-state index in [-0.39, 0.29) is 6.04 Å². The largest absolute Gasteiger partial charge is 0.338 e. The van der Waals surface area contributed by atoms with Gasteiger partial charge in [0.15, 0.2) is 5.82 Å². The van der Waals surface area contributed by atoms with Crippen LogP contribution in [0.15, 0.2) is 4.52 Å². The molecule has 1 N–H and O–H groups in total. The second-order valence-electron chi connectivity index (χ2n) is 4.32. The van der Waals surface area contributed by atoms with E-state index in [0.29, 0.717) is 0 Å². The van der Waals surface area contributed by atoms with Crippen molar-refractivity contribution in [1.82, 2.24) is 15.5 Å². The minimum atomic E-state index is 0.261. The topological polar surface area (TPSA) is 51.0 Å². The van der Waals surface area contributed by atoms with Crippen molar-refractivity contribution in [2.75, 3.05) is 12.3 Å². The van der Waals surface area contributed by atoms with Gasteiger partial charge in [-0.05, 0) is 31.1 Å². The average molecular weight is 241 g/mol. The normalized spacial score (nSPS) is 25.9. The van der Waals surface area contributed by atoms with Crippen molar-refractivity contribution in [1.29, 1.82) is 0 Å². The lowest BCUT2D eigenvalue weighted by Crippen LogP contribution is -2.30. The predicted molar refractivity (Wildman–Crippen MR) is 65.3 cm³/mol. The number of thioether (sulfide) groups is 1. The molecular formula is C11H19N3OS. The Kier molecular flexibility index (Phi) is 4.23. The van der Waals surface area contributed by atoms with Crippen LogP contribution in [0.1, 0.15) is 44.4 Å². The monoisotopic (exact) mass is 241 g/mol. The summed E-state index contributed by atoms with van der Waals surface area (Å²) in [6.07, 6.45) is 2.34. The van der Waals surface area contributed by atoms with E-state index in [0.717, 1.165) is 42.1 Å². The highest BCUT2D eigenvalue weighted by molar-refractivity contribution is 7.98. The maximum atomic E-state index is 5.31. The first-order chi connectivity index (χ1) is 7.79. The van der Waals surface area contributed by atoms with Crippen LogP contribution >= 0.6 is 11.8 Å². The summed E-state index contributed by atoms with van der Waals surface area (Å²) in [5.41, 5.74) is 0. The zero-order valence-corrected chi connectivity index (χ0v) is 10.7. The first-order valence-electron chi connectivity index (χ1n) is 5.93. The molecule has 1 aliphatic rings. The summed E-state index contributed by atoms with van der Waals surface area (Å²) < 4.78 is 5.31. The number of rotatable bonds is 4. The molecule has 16 heavy (non-hydrogen) atoms. The Morgan fingerprint density at radius 2 is 2.44 bits per heavy atom. The zero-order valence-electron chi connectivity index (χ0n) is 9.90. The highest BCUT2D eigenvalue weighted by Gasteiger charge is 2.24. The Labute approximate surface area is 101 Å². The lowest BCUT2D eigenvalue weighted by molar-refractivity contribution is 0.259. The second kappa shape index (κ2) is 5.68. The van der Waals surface area contributed by atoms with Crippen molar-refractivity contribution in [3.05, 3.63) is 11.7 Å². The quantitative estimate of drug-likeness (QED) is 0.877. The summed E-state index contributed by atoms with van der Waals surface area (Å²) >= 11 is 1.82. The number of nitrogens with one attached hydrogen (secondary N) is 1. The molecule has 2 heterocycles. The van der Waals surface area contributed by atoms with Crippen LogP contribution in [-0.2, 0) is 5.75 Å². The van der Waals surface area contributed by atoms with Crippen LogP contribution in [0.2, 0.25) is 0 Å². The van der Waals surface area contributed by atoms with Gasteiger partial charge < -0.3 is 9.84 Å². The van der Waals surface area contributed by atoms with Gasteiger partial charge in [-0.2, -0.15) is 16.7 Å². The van der Waals surface area contributed by atoms with E-state index < -0.39 is 0 Å². The van der Waals surface area contributed by atoms with Gasteiger partial charge in [0, 0.05) is 0 Å². The van der Waals surface area contributed by atoms with Crippen LogP contribution in [0.3, 0.4) is 0 Å². The van der Waals surface area contributed by atoms with Gasteiger partial charge in [0.1, 0.15) is 0 Å². The maximum Gasteiger partial charge on any atom is 0.243 e. The number of piperidine rings is 1. The van der Waals surface area contributed by atoms with Crippen molar-refractivity contribution in [3.63, 3.8) is 0 Å². The molecule has 2 rings (SSSR count). The highest BCUT2D eigenvalue weighted by atomic mass is 32.2. The van der Waals surface area contributed by atoms with Crippen LogP contribution in [0.4, 0.5) is 0 Å². The fourth-order valence-electron chi connectivity index (χ4n) is 1.96. The number of hydrogen-bond acceptors (Lipinski definition) is 5. The fraction of sp³-hybridized carbons (Fsp3) is 0.818. The lowest BCUT2D eigenvalue weighted by atomic mass is 9.94. The van der Waals surface area contributed by atoms with Crippen LogP contribution in [0, 0.1) is 5.92 Å². The average Bonchev–Trinajstić information content (AvgIpc) is 2.75. The van der Waals surface area contributed by atoms with Gasteiger partial charge in [-0.1, -0.05) is 19.0 Å². The second-order valence-corrected chi connectivity index (χ2v) is 5.60. The molecule has 1 aliphatic heterocycles. The molecule has 0 aliphatic carbocycles. The molecule has 1 aromatic rings. The molecule has 0 aromatic carbocycles. The van der Waals surface area contributed by atoms with E-state index in [1.165, 1.54) is 6.42 Å². The first-order valence-corrected chi connectivity index (χ1v) is 7.08. The molecule has 0 amide bonds. The third kappa shape index (κ3) is 2.98. The van der Waals surface area contributed by atoms with E-state index in [2.05, 4.69) is 29.3 Å². The molecule has 2 atom stereocenters. The summed E-state index contributed by atoms with van der Waals surface area (Å²) in [4.78, 5) is 4.44. The number of nitrogens with zero attached hydrogens (tertiary/aromatic N) is 2. The van der Waals surface area contributed by atoms with Crippen LogP contribution < -0.4 is 5.32 Å². The van der Waals surface area contributed by atoms with Gasteiger partial charge >= 0.3 is 0 Å². The first kappa shape index (κ1) is 11.9. The maximum absolute atomic E-state index is 5.31. The van der Waals surface area contributed by atoms with Crippen LogP contribution in [-0.4, -0.2) is 22.4 Å². The predicted octanol–water partition coefficient (Wildman–Crippen LogP) is 2.38. The van der Waals surface area contributed by atoms with Crippen molar-refractivity contribution < 1.29 is 4.52 Å². The molecular weight excluding hydrogens is 222 g/mol. The summed E-state index contributed by atoms with van der Waals surface area (Å²) in [7, 11) is 0. The fourth-order valence-corrected chi connectivity index (χ4v) is 2.46. The lowest BCUT2D eigenvalue weighted by Gasteiger charge is -2.25. The van der Waals surface area contributed by atoms with Crippen molar-refractivity contribution >= 4 is 11.8 Å². The molecule has 0 bridgehead atoms. The Hall–Kier alpha value is -0.550. The van der Waals surface area contributed by atoms with Crippen molar-refractivity contribution in [3.8, 4) is 0 Å². The molecule has 0 spiro atoms. The molecule has 1 fully saturated rings. The Bertz CT molecular complexity index is 329. The van der Waals surface area contributed by atoms with Crippen LogP contribution in [0.5, 0.6) is 0 Å². The Morgan fingerprint density at radius 1 is 1.56 bits per heavy atom. The molecule has 4 nitrogen and oxygen atoms in total. The highest BCUT2D eigenvalue weighted by Crippen LogP contribution is 2.25. The summed E-state index contributed by atoms with van der Waals surface area (Å²) in [5.74, 6) is 4.26. The van der Waals surface area contributed by atoms with Gasteiger partial charge in [-0.25, -0.2) is 0 Å². The minimum absolute atomic E-state index is 0.261. The van der Waals surface area contributed by atoms with Gasteiger partial charge in [0.2, 0.25) is 5.89 Å². The molecule has 2 unspecified atom stereocenters. The number of aromatic nitrogens is 2. The summed E-state index contributed by atoms with van der Waals surface area (Å²) in [5, 5.41) is 7.44. The third-order valence-electron chi connectivity index (χ3n) is 2.88. The van der Waals surface area contributed by atoms with E-state index >= 15 is 0 Å². The standard InChI is InChI=1S/C11H19N3OS/c1-3-16-7-10-13-11(15-14-10)9-6-8(2)4-5-12-9/h8-9,12H,3-7H2,1-2H3.